The van der Waals surface area contributed by atoms with Crippen molar-refractivity contribution in [2.45, 2.75) is 25.5 Å². The number of nitrogens with zero attached hydrogens (tertiary/aromatic N) is 1. The van der Waals surface area contributed by atoms with Gasteiger partial charge in [-0.1, -0.05) is 18.2 Å². The third-order valence-corrected chi connectivity index (χ3v) is 4.20. The van der Waals surface area contributed by atoms with Crippen LogP contribution in [-0.2, 0) is 15.3 Å². The van der Waals surface area contributed by atoms with E-state index in [2.05, 4.69) is 0 Å². The van der Waals surface area contributed by atoms with Crippen molar-refractivity contribution in [3.63, 3.8) is 0 Å². The van der Waals surface area contributed by atoms with Gasteiger partial charge in [0.25, 0.3) is 5.91 Å². The summed E-state index contributed by atoms with van der Waals surface area (Å²) in [5, 5.41) is 11.0. The van der Waals surface area contributed by atoms with E-state index in [1.54, 1.807) is 31.2 Å². The Morgan fingerprint density at radius 2 is 2.25 bits per heavy atom. The Balaban J connectivity index is 1.95. The number of carbonyl (C=O) groups is 2. The molecule has 1 aromatic carbocycles. The number of fused-ring (bicyclic) bond motifs is 3. The highest BCUT2D eigenvalue weighted by atomic mass is 16.5. The molecule has 1 amide bonds. The Morgan fingerprint density at radius 3 is 3.00 bits per heavy atom. The van der Waals surface area contributed by atoms with Crippen LogP contribution in [0.25, 0.3) is 0 Å². The van der Waals surface area contributed by atoms with Gasteiger partial charge in [0.2, 0.25) is 0 Å². The van der Waals surface area contributed by atoms with Gasteiger partial charge in [-0.15, -0.1) is 0 Å². The third kappa shape index (κ3) is 1.66. The molecule has 2 aliphatic rings. The highest BCUT2D eigenvalue weighted by Crippen LogP contribution is 2.49. The first-order chi connectivity index (χ1) is 9.59. The number of benzene rings is 1. The fourth-order valence-corrected chi connectivity index (χ4v) is 3.30. The largest absolute Gasteiger partial charge is 0.466 e. The van der Waals surface area contributed by atoms with E-state index in [0.29, 0.717) is 30.7 Å². The summed E-state index contributed by atoms with van der Waals surface area (Å²) in [4.78, 5) is 25.5. The van der Waals surface area contributed by atoms with Gasteiger partial charge in [0.15, 0.2) is 5.72 Å². The minimum absolute atomic E-state index is 0.127. The monoisotopic (exact) mass is 275 g/mol. The molecule has 1 saturated heterocycles. The van der Waals surface area contributed by atoms with Crippen LogP contribution in [0.4, 0.5) is 0 Å². The van der Waals surface area contributed by atoms with Gasteiger partial charge in [-0.05, 0) is 19.4 Å². The van der Waals surface area contributed by atoms with E-state index in [9.17, 15) is 14.7 Å². The first-order valence-corrected chi connectivity index (χ1v) is 6.88. The maximum absolute atomic E-state index is 12.3. The first-order valence-electron chi connectivity index (χ1n) is 6.88. The smallest absolute Gasteiger partial charge is 0.306 e. The summed E-state index contributed by atoms with van der Waals surface area (Å²) in [5.41, 5.74) is -0.221. The highest BCUT2D eigenvalue weighted by Gasteiger charge is 2.57. The van der Waals surface area contributed by atoms with Crippen molar-refractivity contribution in [3.8, 4) is 0 Å². The Labute approximate surface area is 117 Å². The molecule has 0 aliphatic carbocycles. The first kappa shape index (κ1) is 13.1. The van der Waals surface area contributed by atoms with E-state index in [0.717, 1.165) is 0 Å². The van der Waals surface area contributed by atoms with E-state index < -0.39 is 5.72 Å². The molecule has 0 unspecified atom stereocenters. The van der Waals surface area contributed by atoms with Gasteiger partial charge in [-0.2, -0.15) is 0 Å². The number of rotatable bonds is 3. The lowest BCUT2D eigenvalue weighted by atomic mass is 9.87. The number of aliphatic hydroxyl groups is 1. The summed E-state index contributed by atoms with van der Waals surface area (Å²) < 4.78 is 4.96. The number of amides is 1. The minimum atomic E-state index is -1.36. The zero-order valence-corrected chi connectivity index (χ0v) is 11.3. The Bertz CT molecular complexity index is 571. The van der Waals surface area contributed by atoms with Crippen LogP contribution in [0.3, 0.4) is 0 Å². The van der Waals surface area contributed by atoms with E-state index >= 15 is 0 Å². The van der Waals surface area contributed by atoms with Crippen LogP contribution in [0.15, 0.2) is 24.3 Å². The van der Waals surface area contributed by atoms with Crippen molar-refractivity contribution in [1.82, 2.24) is 4.90 Å². The molecule has 0 aromatic heterocycles. The van der Waals surface area contributed by atoms with Crippen LogP contribution in [0.5, 0.6) is 0 Å². The van der Waals surface area contributed by atoms with Crippen LogP contribution in [0.1, 0.15) is 35.7 Å². The molecule has 5 heteroatoms. The number of carbonyl (C=O) groups excluding carboxylic acids is 2. The molecule has 0 spiro atoms. The minimum Gasteiger partial charge on any atom is -0.466 e. The highest BCUT2D eigenvalue weighted by molar-refractivity contribution is 6.00. The van der Waals surface area contributed by atoms with Gasteiger partial charge in [-0.3, -0.25) is 9.59 Å². The fraction of sp³-hybridized carbons (Fsp3) is 0.467. The van der Waals surface area contributed by atoms with E-state index in [1.165, 1.54) is 4.90 Å². The summed E-state index contributed by atoms with van der Waals surface area (Å²) in [6.07, 6.45) is 0.734. The number of esters is 1. The maximum atomic E-state index is 12.3. The summed E-state index contributed by atoms with van der Waals surface area (Å²) in [7, 11) is 0. The van der Waals surface area contributed by atoms with Gasteiger partial charge < -0.3 is 14.7 Å². The van der Waals surface area contributed by atoms with E-state index in [1.807, 2.05) is 0 Å². The Morgan fingerprint density at radius 1 is 1.50 bits per heavy atom. The average Bonchev–Trinajstić information content (AvgIpc) is 2.86. The predicted octanol–water partition coefficient (Wildman–Crippen LogP) is 1.26. The van der Waals surface area contributed by atoms with Gasteiger partial charge in [0.1, 0.15) is 0 Å². The molecule has 2 atom stereocenters. The summed E-state index contributed by atoms with van der Waals surface area (Å²) >= 11 is 0. The van der Waals surface area contributed by atoms with Crippen LogP contribution in [0.2, 0.25) is 0 Å². The molecule has 3 rings (SSSR count). The summed E-state index contributed by atoms with van der Waals surface area (Å²) in [5.74, 6) is -0.798. The van der Waals surface area contributed by atoms with Gasteiger partial charge in [0.05, 0.1) is 13.0 Å². The Hall–Kier alpha value is -1.88. The quantitative estimate of drug-likeness (QED) is 0.843. The molecule has 106 valence electrons. The van der Waals surface area contributed by atoms with Gasteiger partial charge >= 0.3 is 5.97 Å². The van der Waals surface area contributed by atoms with Crippen LogP contribution >= 0.6 is 0 Å². The van der Waals surface area contributed by atoms with Crippen molar-refractivity contribution < 1.29 is 19.4 Å². The second-order valence-electron chi connectivity index (χ2n) is 5.22. The normalized spacial score (nSPS) is 27.4. The molecule has 1 N–H and O–H groups in total. The lowest BCUT2D eigenvalue weighted by molar-refractivity contribution is -0.150. The fourth-order valence-electron chi connectivity index (χ4n) is 3.30. The molecule has 0 radical (unpaired) electrons. The molecule has 2 heterocycles. The summed E-state index contributed by atoms with van der Waals surface area (Å²) in [6, 6.07) is 7.06. The molecule has 0 saturated carbocycles. The standard InChI is InChI=1S/C15H17NO4/c1-2-20-13(17)9-10-7-8-16-14(18)11-5-3-4-6-12(11)15(10,16)19/h3-6,10,19H,2,7-9H2,1H3/t10-,15+/m1/s1. The zero-order chi connectivity index (χ0) is 14.3. The molecule has 1 aromatic rings. The Kier molecular flexibility index (Phi) is 3.01. The van der Waals surface area contributed by atoms with Crippen LogP contribution < -0.4 is 0 Å². The predicted molar refractivity (Wildman–Crippen MR) is 70.7 cm³/mol. The third-order valence-electron chi connectivity index (χ3n) is 4.20. The number of ether oxygens (including phenoxy) is 1. The molecule has 1 fully saturated rings. The molecule has 5 nitrogen and oxygen atoms in total. The molecular weight excluding hydrogens is 258 g/mol. The second kappa shape index (κ2) is 4.59. The number of hydrogen-bond acceptors (Lipinski definition) is 4. The zero-order valence-electron chi connectivity index (χ0n) is 11.3. The van der Waals surface area contributed by atoms with Crippen molar-refractivity contribution in [2.75, 3.05) is 13.2 Å². The molecule has 20 heavy (non-hydrogen) atoms. The molecule has 2 aliphatic heterocycles. The summed E-state index contributed by atoms with van der Waals surface area (Å²) in [6.45, 7) is 2.54. The van der Waals surface area contributed by atoms with E-state index in [4.69, 9.17) is 4.74 Å². The topological polar surface area (TPSA) is 66.8 Å². The van der Waals surface area contributed by atoms with Crippen LogP contribution in [0, 0.1) is 5.92 Å². The van der Waals surface area contributed by atoms with Crippen LogP contribution in [-0.4, -0.2) is 35.0 Å². The van der Waals surface area contributed by atoms with Crippen molar-refractivity contribution in [1.29, 1.82) is 0 Å². The van der Waals surface area contributed by atoms with Crippen molar-refractivity contribution >= 4 is 11.9 Å². The van der Waals surface area contributed by atoms with Crippen molar-refractivity contribution in [2.24, 2.45) is 5.92 Å². The lowest BCUT2D eigenvalue weighted by Gasteiger charge is -2.31. The van der Waals surface area contributed by atoms with Gasteiger partial charge in [0, 0.05) is 23.6 Å². The van der Waals surface area contributed by atoms with E-state index in [-0.39, 0.29) is 24.2 Å². The maximum Gasteiger partial charge on any atom is 0.306 e. The van der Waals surface area contributed by atoms with Crippen molar-refractivity contribution in [3.05, 3.63) is 35.4 Å². The SMILES string of the molecule is CCOC(=O)C[C@H]1CCN2C(=O)c3ccccc3[C@@]12O. The number of hydrogen-bond donors (Lipinski definition) is 1. The second-order valence-corrected chi connectivity index (χ2v) is 5.22. The molecular formula is C15H17NO4. The average molecular weight is 275 g/mol. The molecule has 0 bridgehead atoms. The lowest BCUT2D eigenvalue weighted by Crippen LogP contribution is -2.42. The van der Waals surface area contributed by atoms with Gasteiger partial charge in [-0.25, -0.2) is 0 Å².